The highest BCUT2D eigenvalue weighted by Gasteiger charge is 2.27. The highest BCUT2D eigenvalue weighted by atomic mass is 79.9. The van der Waals surface area contributed by atoms with Crippen molar-refractivity contribution in [2.24, 2.45) is 11.3 Å². The molecule has 2 heterocycles. The average molecular weight is 354 g/mol. The maximum atomic E-state index is 4.77. The Kier molecular flexibility index (Phi) is 5.29. The van der Waals surface area contributed by atoms with Crippen LogP contribution in [0, 0.1) is 11.3 Å². The Labute approximate surface area is 137 Å². The molecule has 1 aliphatic rings. The van der Waals surface area contributed by atoms with Crippen molar-refractivity contribution in [3.8, 4) is 0 Å². The molecule has 1 saturated heterocycles. The van der Waals surface area contributed by atoms with Crippen LogP contribution in [0.2, 0.25) is 0 Å². The van der Waals surface area contributed by atoms with E-state index in [0.717, 1.165) is 35.3 Å². The smallest absolute Gasteiger partial charge is 0.134 e. The second kappa shape index (κ2) is 6.64. The zero-order valence-electron chi connectivity index (χ0n) is 14.0. The molecule has 0 aromatic carbocycles. The van der Waals surface area contributed by atoms with E-state index in [0.29, 0.717) is 11.3 Å². The molecule has 2 rings (SSSR count). The molecule has 0 N–H and O–H groups in total. The highest BCUT2D eigenvalue weighted by Crippen LogP contribution is 2.35. The second-order valence-corrected chi connectivity index (χ2v) is 8.36. The minimum absolute atomic E-state index is 0.357. The predicted molar refractivity (Wildman–Crippen MR) is 92.8 cm³/mol. The number of aromatic nitrogens is 2. The molecule has 118 valence electrons. The third-order valence-corrected chi connectivity index (χ3v) is 4.90. The molecule has 4 heteroatoms. The zero-order valence-corrected chi connectivity index (χ0v) is 15.6. The summed E-state index contributed by atoms with van der Waals surface area (Å²) >= 11 is 3.53. The Morgan fingerprint density at radius 1 is 1.19 bits per heavy atom. The van der Waals surface area contributed by atoms with Gasteiger partial charge in [-0.1, -0.05) is 34.6 Å². The largest absolute Gasteiger partial charge is 0.356 e. The van der Waals surface area contributed by atoms with Crippen LogP contribution in [-0.2, 0) is 0 Å². The lowest BCUT2D eigenvalue weighted by Gasteiger charge is -2.30. The summed E-state index contributed by atoms with van der Waals surface area (Å²) in [5.74, 6) is 3.17. The summed E-state index contributed by atoms with van der Waals surface area (Å²) in [6.07, 6.45) is 3.83. The zero-order chi connectivity index (χ0) is 15.6. The van der Waals surface area contributed by atoms with Gasteiger partial charge in [0.15, 0.2) is 0 Å². The van der Waals surface area contributed by atoms with E-state index in [2.05, 4.69) is 66.5 Å². The Bertz CT molecular complexity index is 479. The molecular formula is C17H28BrN3. The molecule has 1 fully saturated rings. The van der Waals surface area contributed by atoms with E-state index >= 15 is 0 Å². The molecule has 1 aromatic rings. The monoisotopic (exact) mass is 353 g/mol. The van der Waals surface area contributed by atoms with Gasteiger partial charge in [-0.15, -0.1) is 0 Å². The van der Waals surface area contributed by atoms with E-state index < -0.39 is 0 Å². The molecule has 0 saturated carbocycles. The molecular weight excluding hydrogens is 326 g/mol. The van der Waals surface area contributed by atoms with Gasteiger partial charge in [0, 0.05) is 25.1 Å². The minimum atomic E-state index is 0.357. The van der Waals surface area contributed by atoms with Crippen molar-refractivity contribution < 1.29 is 0 Å². The fraction of sp³-hybridized carbons (Fsp3) is 0.765. The van der Waals surface area contributed by atoms with Crippen molar-refractivity contribution in [2.75, 3.05) is 18.0 Å². The van der Waals surface area contributed by atoms with Crippen molar-refractivity contribution in [3.63, 3.8) is 0 Å². The maximum absolute atomic E-state index is 4.77. The molecule has 0 spiro atoms. The Morgan fingerprint density at radius 3 is 2.52 bits per heavy atom. The van der Waals surface area contributed by atoms with E-state index in [9.17, 15) is 0 Å². The lowest BCUT2D eigenvalue weighted by Crippen LogP contribution is -2.27. The number of halogens is 1. The standard InChI is InChI=1S/C17H28BrN3/c1-12(2)16-19-14(18)11-15(20-16)21-9-6-7-13(8-10-21)17(3,4)5/h11-13H,6-10H2,1-5H3. The van der Waals surface area contributed by atoms with Crippen molar-refractivity contribution >= 4 is 21.7 Å². The van der Waals surface area contributed by atoms with Gasteiger partial charge in [-0.3, -0.25) is 0 Å². The fourth-order valence-electron chi connectivity index (χ4n) is 3.03. The molecule has 1 unspecified atom stereocenters. The first-order chi connectivity index (χ1) is 9.77. The number of hydrogen-bond acceptors (Lipinski definition) is 3. The third kappa shape index (κ3) is 4.41. The van der Waals surface area contributed by atoms with E-state index in [1.54, 1.807) is 0 Å². The number of anilines is 1. The molecule has 1 aromatic heterocycles. The van der Waals surface area contributed by atoms with Crippen LogP contribution in [0.4, 0.5) is 5.82 Å². The van der Waals surface area contributed by atoms with Crippen molar-refractivity contribution in [3.05, 3.63) is 16.5 Å². The Balaban J connectivity index is 2.16. The molecule has 1 aliphatic heterocycles. The summed E-state index contributed by atoms with van der Waals surface area (Å²) in [6.45, 7) is 13.6. The summed E-state index contributed by atoms with van der Waals surface area (Å²) in [4.78, 5) is 11.7. The van der Waals surface area contributed by atoms with Crippen LogP contribution in [0.25, 0.3) is 0 Å². The van der Waals surface area contributed by atoms with Crippen molar-refractivity contribution in [1.82, 2.24) is 9.97 Å². The van der Waals surface area contributed by atoms with Gasteiger partial charge in [-0.2, -0.15) is 0 Å². The third-order valence-electron chi connectivity index (χ3n) is 4.49. The molecule has 3 nitrogen and oxygen atoms in total. The van der Waals surface area contributed by atoms with Crippen molar-refractivity contribution in [2.45, 2.75) is 59.8 Å². The maximum Gasteiger partial charge on any atom is 0.134 e. The van der Waals surface area contributed by atoms with Crippen LogP contribution in [0.15, 0.2) is 10.7 Å². The lowest BCUT2D eigenvalue weighted by atomic mass is 9.77. The van der Waals surface area contributed by atoms with Gasteiger partial charge in [0.1, 0.15) is 16.2 Å². The molecule has 0 radical (unpaired) electrons. The fourth-order valence-corrected chi connectivity index (χ4v) is 3.42. The van der Waals surface area contributed by atoms with Gasteiger partial charge in [0.05, 0.1) is 0 Å². The summed E-state index contributed by atoms with van der Waals surface area (Å²) < 4.78 is 0.896. The summed E-state index contributed by atoms with van der Waals surface area (Å²) in [5.41, 5.74) is 0.408. The first-order valence-corrected chi connectivity index (χ1v) is 8.86. The summed E-state index contributed by atoms with van der Waals surface area (Å²) in [6, 6.07) is 2.06. The molecule has 0 amide bonds. The average Bonchev–Trinajstić information content (AvgIpc) is 2.63. The Hall–Kier alpha value is -0.640. The SMILES string of the molecule is CC(C)c1nc(Br)cc(N2CCCC(C(C)(C)C)CC2)n1. The molecule has 0 aliphatic carbocycles. The summed E-state index contributed by atoms with van der Waals surface area (Å²) in [7, 11) is 0. The van der Waals surface area contributed by atoms with Gasteiger partial charge >= 0.3 is 0 Å². The van der Waals surface area contributed by atoms with Crippen LogP contribution in [0.3, 0.4) is 0 Å². The minimum Gasteiger partial charge on any atom is -0.356 e. The first-order valence-electron chi connectivity index (χ1n) is 8.07. The quantitative estimate of drug-likeness (QED) is 0.699. The Morgan fingerprint density at radius 2 is 1.90 bits per heavy atom. The van der Waals surface area contributed by atoms with Crippen LogP contribution in [0.1, 0.15) is 65.6 Å². The van der Waals surface area contributed by atoms with Crippen LogP contribution < -0.4 is 4.90 Å². The number of hydrogen-bond donors (Lipinski definition) is 0. The summed E-state index contributed by atoms with van der Waals surface area (Å²) in [5, 5.41) is 0. The van der Waals surface area contributed by atoms with E-state index in [4.69, 9.17) is 4.98 Å². The van der Waals surface area contributed by atoms with Gasteiger partial charge in [-0.25, -0.2) is 9.97 Å². The van der Waals surface area contributed by atoms with E-state index in [1.807, 2.05) is 0 Å². The molecule has 1 atom stereocenters. The van der Waals surface area contributed by atoms with Crippen LogP contribution >= 0.6 is 15.9 Å². The van der Waals surface area contributed by atoms with Crippen molar-refractivity contribution in [1.29, 1.82) is 0 Å². The van der Waals surface area contributed by atoms with E-state index in [1.165, 1.54) is 19.3 Å². The predicted octanol–water partition coefficient (Wildman–Crippen LogP) is 5.02. The van der Waals surface area contributed by atoms with Gasteiger partial charge in [0.2, 0.25) is 0 Å². The normalized spacial score (nSPS) is 20.7. The number of nitrogens with zero attached hydrogens (tertiary/aromatic N) is 3. The van der Waals surface area contributed by atoms with Gasteiger partial charge in [0.25, 0.3) is 0 Å². The van der Waals surface area contributed by atoms with Crippen LogP contribution in [0.5, 0.6) is 0 Å². The van der Waals surface area contributed by atoms with Gasteiger partial charge < -0.3 is 4.90 Å². The lowest BCUT2D eigenvalue weighted by molar-refractivity contribution is 0.220. The van der Waals surface area contributed by atoms with E-state index in [-0.39, 0.29) is 0 Å². The first kappa shape index (κ1) is 16.7. The molecule has 21 heavy (non-hydrogen) atoms. The second-order valence-electron chi connectivity index (χ2n) is 7.54. The molecule has 0 bridgehead atoms. The topological polar surface area (TPSA) is 29.0 Å². The highest BCUT2D eigenvalue weighted by molar-refractivity contribution is 9.10. The van der Waals surface area contributed by atoms with Crippen LogP contribution in [-0.4, -0.2) is 23.1 Å². The number of rotatable bonds is 2. The van der Waals surface area contributed by atoms with Gasteiger partial charge in [-0.05, 0) is 46.5 Å².